The third-order valence-corrected chi connectivity index (χ3v) is 5.69. The Balaban J connectivity index is 1.30. The molecule has 0 N–H and O–H groups in total. The standard InChI is InChI=1S/C20H16Cl2N2O4/c21-13-1-2-16-15(9-13)23-19(28-16)11-3-5-24(6-4-11)20(25)12-7-14(22)18-17(8-12)26-10-27-18/h1-2,7-9,11H,3-6,10H2. The Morgan fingerprint density at radius 3 is 2.75 bits per heavy atom. The van der Waals surface area contributed by atoms with Gasteiger partial charge < -0.3 is 18.8 Å². The zero-order valence-electron chi connectivity index (χ0n) is 14.8. The highest BCUT2D eigenvalue weighted by atomic mass is 35.5. The molecule has 1 aromatic heterocycles. The van der Waals surface area contributed by atoms with E-state index in [1.165, 1.54) is 0 Å². The number of halogens is 2. The van der Waals surface area contributed by atoms with Crippen LogP contribution in [0.1, 0.15) is 35.0 Å². The molecule has 28 heavy (non-hydrogen) atoms. The Bertz CT molecular complexity index is 1070. The molecule has 3 aromatic rings. The first-order valence-electron chi connectivity index (χ1n) is 9.03. The van der Waals surface area contributed by atoms with Gasteiger partial charge in [-0.05, 0) is 43.2 Å². The average Bonchev–Trinajstić information content (AvgIpc) is 3.34. The molecule has 0 atom stereocenters. The van der Waals surface area contributed by atoms with E-state index in [9.17, 15) is 4.79 Å². The number of amides is 1. The Morgan fingerprint density at radius 1 is 1.11 bits per heavy atom. The molecule has 2 aromatic carbocycles. The highest BCUT2D eigenvalue weighted by molar-refractivity contribution is 6.32. The number of rotatable bonds is 2. The van der Waals surface area contributed by atoms with Gasteiger partial charge in [0.15, 0.2) is 23.0 Å². The van der Waals surface area contributed by atoms with Crippen LogP contribution in [0, 0.1) is 0 Å². The summed E-state index contributed by atoms with van der Waals surface area (Å²) in [7, 11) is 0. The van der Waals surface area contributed by atoms with Crippen LogP contribution < -0.4 is 9.47 Å². The monoisotopic (exact) mass is 418 g/mol. The van der Waals surface area contributed by atoms with E-state index >= 15 is 0 Å². The fraction of sp³-hybridized carbons (Fsp3) is 0.300. The normalized spacial score (nSPS) is 16.7. The van der Waals surface area contributed by atoms with Crippen molar-refractivity contribution in [3.05, 3.63) is 51.8 Å². The molecule has 0 spiro atoms. The van der Waals surface area contributed by atoms with Gasteiger partial charge in [0, 0.05) is 29.6 Å². The van der Waals surface area contributed by atoms with Crippen molar-refractivity contribution < 1.29 is 18.7 Å². The largest absolute Gasteiger partial charge is 0.454 e. The molecule has 1 amide bonds. The molecule has 8 heteroatoms. The SMILES string of the molecule is O=C(c1cc(Cl)c2c(c1)OCO2)N1CCC(c2nc3cc(Cl)ccc3o2)CC1. The number of carbonyl (C=O) groups excluding carboxylic acids is 1. The fourth-order valence-electron chi connectivity index (χ4n) is 3.70. The van der Waals surface area contributed by atoms with E-state index in [4.69, 9.17) is 37.1 Å². The third-order valence-electron chi connectivity index (χ3n) is 5.17. The highest BCUT2D eigenvalue weighted by Crippen LogP contribution is 2.40. The number of ether oxygens (including phenoxy) is 2. The van der Waals surface area contributed by atoms with Crippen LogP contribution in [0.3, 0.4) is 0 Å². The van der Waals surface area contributed by atoms with E-state index in [2.05, 4.69) is 4.98 Å². The van der Waals surface area contributed by atoms with Crippen LogP contribution >= 0.6 is 23.2 Å². The number of aromatic nitrogens is 1. The molecule has 0 radical (unpaired) electrons. The van der Waals surface area contributed by atoms with Crippen molar-refractivity contribution in [2.45, 2.75) is 18.8 Å². The summed E-state index contributed by atoms with van der Waals surface area (Å²) in [6.07, 6.45) is 1.56. The van der Waals surface area contributed by atoms with Gasteiger partial charge in [-0.25, -0.2) is 4.98 Å². The van der Waals surface area contributed by atoms with Gasteiger partial charge in [-0.3, -0.25) is 4.79 Å². The predicted octanol–water partition coefficient (Wildman–Crippen LogP) is 4.88. The van der Waals surface area contributed by atoms with E-state index in [-0.39, 0.29) is 18.6 Å². The van der Waals surface area contributed by atoms with Crippen molar-refractivity contribution in [3.8, 4) is 11.5 Å². The molecule has 3 heterocycles. The van der Waals surface area contributed by atoms with Crippen molar-refractivity contribution in [3.63, 3.8) is 0 Å². The molecule has 5 rings (SSSR count). The fourth-order valence-corrected chi connectivity index (χ4v) is 4.13. The molecular weight excluding hydrogens is 403 g/mol. The van der Waals surface area contributed by atoms with E-state index < -0.39 is 0 Å². The number of piperidine rings is 1. The van der Waals surface area contributed by atoms with Crippen molar-refractivity contribution in [2.24, 2.45) is 0 Å². The Kier molecular flexibility index (Phi) is 4.33. The Morgan fingerprint density at radius 2 is 1.93 bits per heavy atom. The van der Waals surface area contributed by atoms with Crippen LogP contribution in [0.25, 0.3) is 11.1 Å². The second-order valence-electron chi connectivity index (χ2n) is 6.92. The van der Waals surface area contributed by atoms with E-state index in [1.54, 1.807) is 24.3 Å². The molecule has 0 saturated carbocycles. The van der Waals surface area contributed by atoms with Gasteiger partial charge in [-0.2, -0.15) is 0 Å². The number of nitrogens with zero attached hydrogens (tertiary/aromatic N) is 2. The molecule has 0 aliphatic carbocycles. The maximum atomic E-state index is 12.9. The highest BCUT2D eigenvalue weighted by Gasteiger charge is 2.29. The maximum Gasteiger partial charge on any atom is 0.254 e. The molecule has 2 aliphatic rings. The van der Waals surface area contributed by atoms with Crippen LogP contribution in [0.4, 0.5) is 0 Å². The lowest BCUT2D eigenvalue weighted by molar-refractivity contribution is 0.0706. The Labute approximate surface area is 170 Å². The molecule has 6 nitrogen and oxygen atoms in total. The van der Waals surface area contributed by atoms with E-state index in [1.807, 2.05) is 11.0 Å². The minimum atomic E-state index is -0.0667. The summed E-state index contributed by atoms with van der Waals surface area (Å²) < 4.78 is 16.6. The minimum absolute atomic E-state index is 0.0667. The molecule has 1 fully saturated rings. The van der Waals surface area contributed by atoms with Crippen LogP contribution in [-0.2, 0) is 0 Å². The van der Waals surface area contributed by atoms with Crippen molar-refractivity contribution >= 4 is 40.2 Å². The minimum Gasteiger partial charge on any atom is -0.454 e. The van der Waals surface area contributed by atoms with E-state index in [0.717, 1.165) is 23.9 Å². The topological polar surface area (TPSA) is 64.8 Å². The second-order valence-corrected chi connectivity index (χ2v) is 7.77. The molecule has 0 unspecified atom stereocenters. The van der Waals surface area contributed by atoms with Gasteiger partial charge in [0.2, 0.25) is 6.79 Å². The summed E-state index contributed by atoms with van der Waals surface area (Å²) in [6, 6.07) is 8.74. The average molecular weight is 419 g/mol. The van der Waals surface area contributed by atoms with Gasteiger partial charge in [0.05, 0.1) is 5.02 Å². The quantitative estimate of drug-likeness (QED) is 0.592. The summed E-state index contributed by atoms with van der Waals surface area (Å²) in [5, 5.41) is 1.02. The van der Waals surface area contributed by atoms with Crippen LogP contribution in [0.2, 0.25) is 10.0 Å². The first-order chi connectivity index (χ1) is 13.6. The van der Waals surface area contributed by atoms with Gasteiger partial charge in [0.25, 0.3) is 5.91 Å². The summed E-state index contributed by atoms with van der Waals surface area (Å²) in [4.78, 5) is 19.3. The molecular formula is C20H16Cl2N2O4. The Hall–Kier alpha value is -2.44. The summed E-state index contributed by atoms with van der Waals surface area (Å²) >= 11 is 12.2. The summed E-state index contributed by atoms with van der Waals surface area (Å²) in [5.74, 6) is 1.82. The maximum absolute atomic E-state index is 12.9. The zero-order valence-corrected chi connectivity index (χ0v) is 16.3. The molecule has 144 valence electrons. The summed E-state index contributed by atoms with van der Waals surface area (Å²) in [6.45, 7) is 1.36. The van der Waals surface area contributed by atoms with Crippen LogP contribution in [0.15, 0.2) is 34.7 Å². The van der Waals surface area contributed by atoms with Crippen molar-refractivity contribution in [1.82, 2.24) is 9.88 Å². The predicted molar refractivity (Wildman–Crippen MR) is 104 cm³/mol. The number of oxazole rings is 1. The van der Waals surface area contributed by atoms with Gasteiger partial charge in [-0.15, -0.1) is 0 Å². The number of benzene rings is 2. The number of carbonyl (C=O) groups is 1. The lowest BCUT2D eigenvalue weighted by Gasteiger charge is -2.30. The van der Waals surface area contributed by atoms with Crippen molar-refractivity contribution in [2.75, 3.05) is 19.9 Å². The zero-order chi connectivity index (χ0) is 19.3. The van der Waals surface area contributed by atoms with Crippen molar-refractivity contribution in [1.29, 1.82) is 0 Å². The van der Waals surface area contributed by atoms with Crippen LogP contribution in [-0.4, -0.2) is 35.7 Å². The lowest BCUT2D eigenvalue weighted by Crippen LogP contribution is -2.38. The number of hydrogen-bond acceptors (Lipinski definition) is 5. The second kappa shape index (κ2) is 6.87. The number of fused-ring (bicyclic) bond motifs is 2. The summed E-state index contributed by atoms with van der Waals surface area (Å²) in [5.41, 5.74) is 1.99. The molecule has 0 bridgehead atoms. The smallest absolute Gasteiger partial charge is 0.254 e. The molecule has 2 aliphatic heterocycles. The third kappa shape index (κ3) is 3.06. The van der Waals surface area contributed by atoms with Gasteiger partial charge in [0.1, 0.15) is 5.52 Å². The first-order valence-corrected chi connectivity index (χ1v) is 9.78. The number of hydrogen-bond donors (Lipinski definition) is 0. The van der Waals surface area contributed by atoms with Crippen LogP contribution in [0.5, 0.6) is 11.5 Å². The van der Waals surface area contributed by atoms with Gasteiger partial charge in [-0.1, -0.05) is 23.2 Å². The lowest BCUT2D eigenvalue weighted by atomic mass is 9.96. The van der Waals surface area contributed by atoms with E-state index in [0.29, 0.717) is 46.1 Å². The first kappa shape index (κ1) is 17.6. The van der Waals surface area contributed by atoms with Gasteiger partial charge >= 0.3 is 0 Å². The number of likely N-dealkylation sites (tertiary alicyclic amines) is 1. The molecule has 1 saturated heterocycles.